The highest BCUT2D eigenvalue weighted by Gasteiger charge is 2.35. The van der Waals surface area contributed by atoms with Crippen LogP contribution in [0.1, 0.15) is 39.0 Å². The molecule has 0 nitrogen and oxygen atoms in total. The highest BCUT2D eigenvalue weighted by molar-refractivity contribution is 5.16. The Morgan fingerprint density at radius 2 is 2.42 bits per heavy atom. The van der Waals surface area contributed by atoms with Crippen LogP contribution in [0.4, 0.5) is 0 Å². The van der Waals surface area contributed by atoms with Crippen molar-refractivity contribution in [1.82, 2.24) is 0 Å². The van der Waals surface area contributed by atoms with Crippen molar-refractivity contribution in [3.8, 4) is 0 Å². The molecule has 0 heterocycles. The summed E-state index contributed by atoms with van der Waals surface area (Å²) in [5, 5.41) is 0. The maximum atomic E-state index is 3.33. The predicted octanol–water partition coefficient (Wildman–Crippen LogP) is 3.45. The molecule has 0 aromatic heterocycles. The van der Waals surface area contributed by atoms with Crippen LogP contribution in [0.25, 0.3) is 0 Å². The fourth-order valence-electron chi connectivity index (χ4n) is 2.45. The van der Waals surface area contributed by atoms with Gasteiger partial charge >= 0.3 is 0 Å². The summed E-state index contributed by atoms with van der Waals surface area (Å²) in [6, 6.07) is 0. The van der Waals surface area contributed by atoms with E-state index < -0.39 is 0 Å². The summed E-state index contributed by atoms with van der Waals surface area (Å²) < 4.78 is 0. The van der Waals surface area contributed by atoms with Crippen LogP contribution in [0.15, 0.2) is 23.1 Å². The summed E-state index contributed by atoms with van der Waals surface area (Å²) in [7, 11) is 0. The summed E-state index contributed by atoms with van der Waals surface area (Å²) in [4.78, 5) is 0. The lowest BCUT2D eigenvalue weighted by Gasteiger charge is -2.08. The van der Waals surface area contributed by atoms with E-state index in [-0.39, 0.29) is 0 Å². The molecule has 64 valence electrons. The Balaban J connectivity index is 2.16. The molecule has 2 atom stereocenters. The van der Waals surface area contributed by atoms with Crippen molar-refractivity contribution in [3.63, 3.8) is 0 Å². The molecule has 0 heteroatoms. The van der Waals surface area contributed by atoms with Crippen molar-refractivity contribution in [3.05, 3.63) is 23.1 Å². The first-order valence-electron chi connectivity index (χ1n) is 5.09. The van der Waals surface area contributed by atoms with Gasteiger partial charge in [0.05, 0.1) is 0 Å². The predicted molar refractivity (Wildman–Crippen MR) is 50.8 cm³/mol. The first-order valence-corrected chi connectivity index (χ1v) is 5.09. The number of fused-ring (bicyclic) bond motifs is 2. The molecule has 2 rings (SSSR count). The third kappa shape index (κ3) is 1.41. The molecule has 0 saturated heterocycles. The second-order valence-corrected chi connectivity index (χ2v) is 3.99. The van der Waals surface area contributed by atoms with Crippen molar-refractivity contribution in [2.45, 2.75) is 39.0 Å². The lowest BCUT2D eigenvalue weighted by molar-refractivity contribution is 0.561. The molecule has 2 aliphatic carbocycles. The molecule has 2 bridgehead atoms. The zero-order valence-corrected chi connectivity index (χ0v) is 7.77. The van der Waals surface area contributed by atoms with Gasteiger partial charge in [-0.3, -0.25) is 0 Å². The smallest absolute Gasteiger partial charge is 0.0118 e. The third-order valence-corrected chi connectivity index (χ3v) is 3.08. The van der Waals surface area contributed by atoms with Gasteiger partial charge in [-0.1, -0.05) is 18.4 Å². The molecule has 0 aliphatic heterocycles. The topological polar surface area (TPSA) is 0 Å². The van der Waals surface area contributed by atoms with Gasteiger partial charge in [-0.15, -0.1) is 0 Å². The fraction of sp³-hybridized carbons (Fsp3) is 0.667. The standard InChI is InChI=1S/C12H16/c1-2-3-4-5-11-8-10-6-7-12(11)9-10/h3,10,12H,2,6-9H2,1H3. The molecule has 0 aromatic rings. The van der Waals surface area contributed by atoms with Crippen LogP contribution in [0, 0.1) is 11.8 Å². The molecule has 0 aromatic carbocycles. The minimum absolute atomic E-state index is 0.882. The van der Waals surface area contributed by atoms with E-state index in [9.17, 15) is 0 Å². The molecule has 0 amide bonds. The monoisotopic (exact) mass is 160 g/mol. The molecule has 0 N–H and O–H groups in total. The molecule has 2 unspecified atom stereocenters. The van der Waals surface area contributed by atoms with Crippen LogP contribution in [-0.2, 0) is 0 Å². The Morgan fingerprint density at radius 1 is 1.50 bits per heavy atom. The van der Waals surface area contributed by atoms with E-state index >= 15 is 0 Å². The lowest BCUT2D eigenvalue weighted by atomic mass is 9.96. The van der Waals surface area contributed by atoms with Gasteiger partial charge in [-0.25, -0.2) is 0 Å². The number of allylic oxidation sites excluding steroid dienone is 2. The van der Waals surface area contributed by atoms with Gasteiger partial charge in [0, 0.05) is 0 Å². The quantitative estimate of drug-likeness (QED) is 0.515. The Morgan fingerprint density at radius 3 is 3.00 bits per heavy atom. The fourth-order valence-corrected chi connectivity index (χ4v) is 2.45. The Kier molecular flexibility index (Phi) is 2.21. The van der Waals surface area contributed by atoms with Gasteiger partial charge in [0.15, 0.2) is 0 Å². The maximum Gasteiger partial charge on any atom is -0.0118 e. The highest BCUT2D eigenvalue weighted by atomic mass is 14.4. The van der Waals surface area contributed by atoms with Gasteiger partial charge < -0.3 is 0 Å². The maximum absolute atomic E-state index is 3.33. The largest absolute Gasteiger partial charge is 0.0747 e. The molecular formula is C12H16. The average molecular weight is 160 g/mol. The van der Waals surface area contributed by atoms with E-state index in [1.54, 1.807) is 5.57 Å². The van der Waals surface area contributed by atoms with Gasteiger partial charge in [-0.2, -0.15) is 0 Å². The zero-order valence-electron chi connectivity index (χ0n) is 7.77. The normalized spacial score (nSPS) is 31.6. The summed E-state index contributed by atoms with van der Waals surface area (Å²) in [5.74, 6) is 1.88. The average Bonchev–Trinajstić information content (AvgIpc) is 2.65. The third-order valence-electron chi connectivity index (χ3n) is 3.08. The van der Waals surface area contributed by atoms with Crippen LogP contribution < -0.4 is 0 Å². The Bertz CT molecular complexity index is 260. The molecule has 0 radical (unpaired) electrons. The first kappa shape index (κ1) is 7.92. The van der Waals surface area contributed by atoms with Gasteiger partial charge in [-0.05, 0) is 55.6 Å². The minimum Gasteiger partial charge on any atom is -0.0747 e. The van der Waals surface area contributed by atoms with Gasteiger partial charge in [0.2, 0.25) is 0 Å². The lowest BCUT2D eigenvalue weighted by Crippen LogP contribution is -1.95. The van der Waals surface area contributed by atoms with Crippen molar-refractivity contribution in [2.24, 2.45) is 11.8 Å². The summed E-state index contributed by atoms with van der Waals surface area (Å²) in [5.41, 5.74) is 8.03. The molecule has 2 saturated carbocycles. The number of hydrogen-bond donors (Lipinski definition) is 0. The van der Waals surface area contributed by atoms with E-state index in [0.29, 0.717) is 0 Å². The van der Waals surface area contributed by atoms with Crippen LogP contribution in [0.2, 0.25) is 0 Å². The summed E-state index contributed by atoms with van der Waals surface area (Å²) in [6.07, 6.45) is 8.78. The highest BCUT2D eigenvalue weighted by Crippen LogP contribution is 2.47. The molecular weight excluding hydrogens is 144 g/mol. The van der Waals surface area contributed by atoms with Crippen molar-refractivity contribution in [2.75, 3.05) is 0 Å². The SMILES string of the molecule is CCC=C=C=C1CC2CCC1C2. The molecule has 0 spiro atoms. The molecule has 12 heavy (non-hydrogen) atoms. The summed E-state index contributed by atoms with van der Waals surface area (Å²) in [6.45, 7) is 2.14. The van der Waals surface area contributed by atoms with Crippen molar-refractivity contribution >= 4 is 0 Å². The van der Waals surface area contributed by atoms with Gasteiger partial charge in [0.25, 0.3) is 0 Å². The van der Waals surface area contributed by atoms with Crippen molar-refractivity contribution in [1.29, 1.82) is 0 Å². The molecule has 2 aliphatic rings. The Labute approximate surface area is 74.7 Å². The Hall–Kier alpha value is -0.700. The van der Waals surface area contributed by atoms with E-state index in [1.165, 1.54) is 25.7 Å². The molecule has 2 fully saturated rings. The van der Waals surface area contributed by atoms with Crippen LogP contribution in [0.3, 0.4) is 0 Å². The van der Waals surface area contributed by atoms with E-state index in [0.717, 1.165) is 18.3 Å². The van der Waals surface area contributed by atoms with Crippen LogP contribution in [0.5, 0.6) is 0 Å². The van der Waals surface area contributed by atoms with E-state index in [2.05, 4.69) is 24.5 Å². The zero-order chi connectivity index (χ0) is 8.39. The second kappa shape index (κ2) is 3.35. The second-order valence-electron chi connectivity index (χ2n) is 3.99. The minimum atomic E-state index is 0.882. The van der Waals surface area contributed by atoms with Crippen molar-refractivity contribution < 1.29 is 0 Å². The summed E-state index contributed by atoms with van der Waals surface area (Å²) >= 11 is 0. The van der Waals surface area contributed by atoms with Crippen LogP contribution >= 0.6 is 0 Å². The van der Waals surface area contributed by atoms with Crippen LogP contribution in [-0.4, -0.2) is 0 Å². The number of hydrogen-bond acceptors (Lipinski definition) is 0. The van der Waals surface area contributed by atoms with E-state index in [4.69, 9.17) is 0 Å². The first-order chi connectivity index (χ1) is 5.90. The number of rotatable bonds is 1. The van der Waals surface area contributed by atoms with E-state index in [1.807, 2.05) is 0 Å². The van der Waals surface area contributed by atoms with Gasteiger partial charge in [0.1, 0.15) is 0 Å².